The van der Waals surface area contributed by atoms with Crippen LogP contribution in [0.4, 0.5) is 0 Å². The van der Waals surface area contributed by atoms with Crippen LogP contribution in [-0.2, 0) is 4.79 Å². The Balaban J connectivity index is 2.12. The summed E-state index contributed by atoms with van der Waals surface area (Å²) in [6.07, 6.45) is 2.02. The van der Waals surface area contributed by atoms with Crippen LogP contribution >= 0.6 is 11.6 Å². The molecule has 1 amide bonds. The summed E-state index contributed by atoms with van der Waals surface area (Å²) in [4.78, 5) is 18.1. The number of rotatable bonds is 2. The van der Waals surface area contributed by atoms with E-state index in [9.17, 15) is 4.79 Å². The predicted molar refractivity (Wildman–Crippen MR) is 69.7 cm³/mol. The van der Waals surface area contributed by atoms with Crippen LogP contribution in [0.25, 0.3) is 0 Å². The third-order valence-electron chi connectivity index (χ3n) is 3.30. The molecule has 0 aromatic carbocycles. The quantitative estimate of drug-likeness (QED) is 0.769. The highest BCUT2D eigenvalue weighted by Gasteiger charge is 2.28. The molecular formula is C12H19ClN4O. The molecule has 0 aliphatic carbocycles. The van der Waals surface area contributed by atoms with E-state index in [1.165, 1.54) is 0 Å². The average Bonchev–Trinajstić information content (AvgIpc) is 2.67. The number of hydrogen-bond acceptors (Lipinski definition) is 3. The molecule has 1 aliphatic rings. The van der Waals surface area contributed by atoms with Gasteiger partial charge in [-0.3, -0.25) is 4.79 Å². The van der Waals surface area contributed by atoms with Gasteiger partial charge in [0.15, 0.2) is 0 Å². The number of likely N-dealkylation sites (tertiary alicyclic amines) is 1. The highest BCUT2D eigenvalue weighted by Crippen LogP contribution is 2.23. The first-order valence-electron chi connectivity index (χ1n) is 6.31. The fourth-order valence-electron chi connectivity index (χ4n) is 2.49. The normalized spacial score (nSPS) is 22.0. The predicted octanol–water partition coefficient (Wildman–Crippen LogP) is 1.69. The second-order valence-electron chi connectivity index (χ2n) is 4.85. The van der Waals surface area contributed by atoms with E-state index < -0.39 is 5.38 Å². The molecule has 0 radical (unpaired) electrons. The second kappa shape index (κ2) is 5.26. The smallest absolute Gasteiger partial charge is 0.240 e. The lowest BCUT2D eigenvalue weighted by Crippen LogP contribution is -2.43. The van der Waals surface area contributed by atoms with E-state index in [0.717, 1.165) is 31.0 Å². The summed E-state index contributed by atoms with van der Waals surface area (Å²) in [5.74, 6) is 1.70. The molecule has 1 fully saturated rings. The van der Waals surface area contributed by atoms with Crippen LogP contribution in [0.1, 0.15) is 37.5 Å². The number of amides is 1. The standard InChI is InChI=1S/C12H19ClN4O/c1-8(13)12(18)16-6-4-5-11(7-16)17-10(3)14-9(2)15-17/h8,11H,4-7H2,1-3H3. The van der Waals surface area contributed by atoms with Crippen molar-refractivity contribution < 1.29 is 4.79 Å². The van der Waals surface area contributed by atoms with E-state index in [-0.39, 0.29) is 11.9 Å². The van der Waals surface area contributed by atoms with Gasteiger partial charge in [0.2, 0.25) is 5.91 Å². The topological polar surface area (TPSA) is 51.0 Å². The molecule has 5 nitrogen and oxygen atoms in total. The van der Waals surface area contributed by atoms with E-state index in [4.69, 9.17) is 11.6 Å². The summed E-state index contributed by atoms with van der Waals surface area (Å²) in [6, 6.07) is 0.222. The Morgan fingerprint density at radius 2 is 2.22 bits per heavy atom. The monoisotopic (exact) mass is 270 g/mol. The summed E-state index contributed by atoms with van der Waals surface area (Å²) in [6.45, 7) is 7.03. The molecule has 1 aliphatic heterocycles. The van der Waals surface area contributed by atoms with Gasteiger partial charge in [-0.25, -0.2) is 9.67 Å². The van der Waals surface area contributed by atoms with Crippen molar-refractivity contribution in [3.8, 4) is 0 Å². The molecule has 0 bridgehead atoms. The molecule has 18 heavy (non-hydrogen) atoms. The summed E-state index contributed by atoms with van der Waals surface area (Å²) in [5, 5.41) is 3.95. The molecule has 2 rings (SSSR count). The van der Waals surface area contributed by atoms with Gasteiger partial charge in [0.25, 0.3) is 0 Å². The zero-order chi connectivity index (χ0) is 13.3. The SMILES string of the molecule is Cc1nc(C)n(C2CCCN(C(=O)C(C)Cl)C2)n1. The molecule has 0 saturated carbocycles. The molecule has 0 N–H and O–H groups in total. The number of hydrogen-bond donors (Lipinski definition) is 0. The molecule has 1 aromatic heterocycles. The number of alkyl halides is 1. The molecule has 2 heterocycles. The largest absolute Gasteiger partial charge is 0.339 e. The van der Waals surface area contributed by atoms with E-state index in [1.807, 2.05) is 23.4 Å². The lowest BCUT2D eigenvalue weighted by atomic mass is 10.1. The first-order valence-corrected chi connectivity index (χ1v) is 6.75. The highest BCUT2D eigenvalue weighted by molar-refractivity contribution is 6.30. The van der Waals surface area contributed by atoms with Crippen LogP contribution < -0.4 is 0 Å². The van der Waals surface area contributed by atoms with Gasteiger partial charge in [-0.15, -0.1) is 11.6 Å². The minimum atomic E-state index is -0.456. The summed E-state index contributed by atoms with van der Waals surface area (Å²) in [7, 11) is 0. The molecule has 1 saturated heterocycles. The number of nitrogens with zero attached hydrogens (tertiary/aromatic N) is 4. The first kappa shape index (κ1) is 13.3. The van der Waals surface area contributed by atoms with Crippen LogP contribution in [0.3, 0.4) is 0 Å². The Morgan fingerprint density at radius 3 is 2.78 bits per heavy atom. The van der Waals surface area contributed by atoms with Crippen LogP contribution in [0.5, 0.6) is 0 Å². The zero-order valence-corrected chi connectivity index (χ0v) is 11.8. The fraction of sp³-hybridized carbons (Fsp3) is 0.750. The second-order valence-corrected chi connectivity index (χ2v) is 5.50. The molecule has 2 unspecified atom stereocenters. The van der Waals surface area contributed by atoms with Crippen molar-refractivity contribution in [2.75, 3.05) is 13.1 Å². The van der Waals surface area contributed by atoms with Gasteiger partial charge in [-0.1, -0.05) is 0 Å². The summed E-state index contributed by atoms with van der Waals surface area (Å²) >= 11 is 5.86. The third-order valence-corrected chi connectivity index (χ3v) is 3.49. The van der Waals surface area contributed by atoms with Crippen molar-refractivity contribution in [3.05, 3.63) is 11.6 Å². The minimum absolute atomic E-state index is 0.0101. The van der Waals surface area contributed by atoms with Crippen molar-refractivity contribution in [2.24, 2.45) is 0 Å². The molecule has 6 heteroatoms. The molecule has 2 atom stereocenters. The van der Waals surface area contributed by atoms with Crippen LogP contribution in [0, 0.1) is 13.8 Å². The van der Waals surface area contributed by atoms with Crippen molar-refractivity contribution in [1.29, 1.82) is 0 Å². The van der Waals surface area contributed by atoms with Gasteiger partial charge < -0.3 is 4.90 Å². The summed E-state index contributed by atoms with van der Waals surface area (Å²) < 4.78 is 1.94. The fourth-order valence-corrected chi connectivity index (χ4v) is 2.63. The van der Waals surface area contributed by atoms with Gasteiger partial charge in [0.1, 0.15) is 17.0 Å². The number of piperidine rings is 1. The molecule has 1 aromatic rings. The highest BCUT2D eigenvalue weighted by atomic mass is 35.5. The van der Waals surface area contributed by atoms with Crippen molar-refractivity contribution in [2.45, 2.75) is 45.0 Å². The Labute approximate surface area is 112 Å². The van der Waals surface area contributed by atoms with Crippen LogP contribution in [-0.4, -0.2) is 44.0 Å². The Bertz CT molecular complexity index is 443. The first-order chi connectivity index (χ1) is 8.49. The maximum atomic E-state index is 11.9. The Morgan fingerprint density at radius 1 is 1.50 bits per heavy atom. The summed E-state index contributed by atoms with van der Waals surface area (Å²) in [5.41, 5.74) is 0. The minimum Gasteiger partial charge on any atom is -0.339 e. The number of carbonyl (C=O) groups is 1. The number of aromatic nitrogens is 3. The van der Waals surface area contributed by atoms with E-state index in [2.05, 4.69) is 10.1 Å². The Kier molecular flexibility index (Phi) is 3.90. The van der Waals surface area contributed by atoms with E-state index in [1.54, 1.807) is 6.92 Å². The van der Waals surface area contributed by atoms with Gasteiger partial charge in [0, 0.05) is 13.1 Å². The van der Waals surface area contributed by atoms with Crippen LogP contribution in [0.2, 0.25) is 0 Å². The Hall–Kier alpha value is -1.10. The number of halogens is 1. The van der Waals surface area contributed by atoms with Crippen molar-refractivity contribution in [3.63, 3.8) is 0 Å². The van der Waals surface area contributed by atoms with Gasteiger partial charge in [-0.2, -0.15) is 5.10 Å². The van der Waals surface area contributed by atoms with Crippen molar-refractivity contribution in [1.82, 2.24) is 19.7 Å². The van der Waals surface area contributed by atoms with Gasteiger partial charge >= 0.3 is 0 Å². The molecule has 0 spiro atoms. The maximum absolute atomic E-state index is 11.9. The van der Waals surface area contributed by atoms with Crippen molar-refractivity contribution >= 4 is 17.5 Å². The average molecular weight is 271 g/mol. The van der Waals surface area contributed by atoms with Gasteiger partial charge in [0.05, 0.1) is 6.04 Å². The number of aryl methyl sites for hydroxylation is 2. The maximum Gasteiger partial charge on any atom is 0.240 e. The van der Waals surface area contributed by atoms with E-state index in [0.29, 0.717) is 6.54 Å². The molecular weight excluding hydrogens is 252 g/mol. The van der Waals surface area contributed by atoms with Gasteiger partial charge in [-0.05, 0) is 33.6 Å². The number of carbonyl (C=O) groups excluding carboxylic acids is 1. The third kappa shape index (κ3) is 2.66. The zero-order valence-electron chi connectivity index (χ0n) is 11.1. The van der Waals surface area contributed by atoms with E-state index >= 15 is 0 Å². The lowest BCUT2D eigenvalue weighted by molar-refractivity contribution is -0.132. The molecule has 100 valence electrons. The lowest BCUT2D eigenvalue weighted by Gasteiger charge is -2.33. The van der Waals surface area contributed by atoms with Crippen LogP contribution in [0.15, 0.2) is 0 Å².